The van der Waals surface area contributed by atoms with Gasteiger partial charge in [-0.2, -0.15) is 0 Å². The maximum absolute atomic E-state index is 10.7. The summed E-state index contributed by atoms with van der Waals surface area (Å²) in [6.07, 6.45) is 0. The third-order valence-corrected chi connectivity index (χ3v) is 1.27. The molecular weight excluding hydrogens is 164 g/mol. The van der Waals surface area contributed by atoms with Crippen molar-refractivity contribution in [2.45, 2.75) is 6.61 Å². The normalized spacial score (nSPS) is 9.75. The molecule has 0 aliphatic carbocycles. The molecule has 0 aromatic carbocycles. The van der Waals surface area contributed by atoms with Gasteiger partial charge in [0.25, 0.3) is 11.2 Å². The molecule has 0 fully saturated rings. The van der Waals surface area contributed by atoms with E-state index < -0.39 is 17.1 Å². The molecule has 1 heterocycles. The number of aromatic amines is 1. The predicted molar refractivity (Wildman–Crippen MR) is 39.6 cm³/mol. The molecule has 1 rings (SSSR count). The highest BCUT2D eigenvalue weighted by molar-refractivity contribution is 5.29. The Bertz CT molecular complexity index is 357. The molecular formula is C6H6N2O4. The first kappa shape index (κ1) is 8.41. The van der Waals surface area contributed by atoms with Crippen molar-refractivity contribution >= 4 is 5.69 Å². The largest absolute Gasteiger partial charge is 0.390 e. The number of pyridine rings is 1. The van der Waals surface area contributed by atoms with E-state index in [4.69, 9.17) is 5.11 Å². The second kappa shape index (κ2) is 3.14. The van der Waals surface area contributed by atoms with Crippen molar-refractivity contribution in [3.05, 3.63) is 38.3 Å². The Morgan fingerprint density at radius 3 is 2.75 bits per heavy atom. The van der Waals surface area contributed by atoms with Crippen molar-refractivity contribution in [1.82, 2.24) is 4.98 Å². The van der Waals surface area contributed by atoms with Crippen LogP contribution in [0.25, 0.3) is 0 Å². The number of hydrogen-bond donors (Lipinski definition) is 2. The number of aromatic nitrogens is 1. The van der Waals surface area contributed by atoms with Gasteiger partial charge in [-0.1, -0.05) is 0 Å². The van der Waals surface area contributed by atoms with Gasteiger partial charge >= 0.3 is 0 Å². The summed E-state index contributed by atoms with van der Waals surface area (Å²) in [4.78, 5) is 22.5. The van der Waals surface area contributed by atoms with Gasteiger partial charge in [-0.15, -0.1) is 0 Å². The number of nitro groups is 1. The molecule has 2 N–H and O–H groups in total. The SMILES string of the molecule is O=c1cc([N+](=O)[O-])cc(CO)[nH]1. The van der Waals surface area contributed by atoms with Crippen LogP contribution in [-0.4, -0.2) is 15.0 Å². The van der Waals surface area contributed by atoms with Crippen LogP contribution in [0.5, 0.6) is 0 Å². The lowest BCUT2D eigenvalue weighted by Gasteiger charge is -1.94. The zero-order valence-electron chi connectivity index (χ0n) is 5.98. The van der Waals surface area contributed by atoms with Crippen LogP contribution >= 0.6 is 0 Å². The molecule has 0 radical (unpaired) electrons. The summed E-state index contributed by atoms with van der Waals surface area (Å²) >= 11 is 0. The summed E-state index contributed by atoms with van der Waals surface area (Å²) in [5.41, 5.74) is -0.773. The third-order valence-electron chi connectivity index (χ3n) is 1.27. The Balaban J connectivity index is 3.24. The zero-order valence-corrected chi connectivity index (χ0v) is 5.98. The van der Waals surface area contributed by atoms with Crippen molar-refractivity contribution in [2.24, 2.45) is 0 Å². The lowest BCUT2D eigenvalue weighted by atomic mass is 10.3. The third kappa shape index (κ3) is 1.67. The van der Waals surface area contributed by atoms with Gasteiger partial charge in [0.1, 0.15) is 0 Å². The number of aliphatic hydroxyl groups excluding tert-OH is 1. The molecule has 0 amide bonds. The van der Waals surface area contributed by atoms with Crippen LogP contribution in [0.1, 0.15) is 5.69 Å². The molecule has 0 spiro atoms. The molecule has 6 nitrogen and oxygen atoms in total. The van der Waals surface area contributed by atoms with Crippen molar-refractivity contribution < 1.29 is 10.0 Å². The smallest absolute Gasteiger partial charge is 0.276 e. The number of nitrogens with zero attached hydrogens (tertiary/aromatic N) is 1. The Kier molecular flexibility index (Phi) is 2.20. The van der Waals surface area contributed by atoms with Gasteiger partial charge in [0.2, 0.25) is 0 Å². The summed E-state index contributed by atoms with van der Waals surface area (Å²) < 4.78 is 0. The summed E-state index contributed by atoms with van der Waals surface area (Å²) in [6, 6.07) is 1.97. The average Bonchev–Trinajstić information content (AvgIpc) is 2.03. The van der Waals surface area contributed by atoms with Gasteiger partial charge < -0.3 is 10.1 Å². The molecule has 0 aliphatic rings. The van der Waals surface area contributed by atoms with Gasteiger partial charge in [-0.3, -0.25) is 14.9 Å². The molecule has 12 heavy (non-hydrogen) atoms. The highest BCUT2D eigenvalue weighted by Gasteiger charge is 2.07. The lowest BCUT2D eigenvalue weighted by Crippen LogP contribution is -2.08. The standard InChI is InChI=1S/C6H6N2O4/c9-3-4-1-5(8(11)12)2-6(10)7-4/h1-2,9H,3H2,(H,7,10). The van der Waals surface area contributed by atoms with Gasteiger partial charge in [0, 0.05) is 6.07 Å². The molecule has 0 saturated heterocycles. The lowest BCUT2D eigenvalue weighted by molar-refractivity contribution is -0.385. The molecule has 0 aliphatic heterocycles. The van der Waals surface area contributed by atoms with Gasteiger partial charge in [0.15, 0.2) is 0 Å². The highest BCUT2D eigenvalue weighted by Crippen LogP contribution is 2.07. The summed E-state index contributed by atoms with van der Waals surface area (Å²) in [5, 5.41) is 18.8. The molecule has 0 bridgehead atoms. The fourth-order valence-corrected chi connectivity index (χ4v) is 0.775. The van der Waals surface area contributed by atoms with Crippen molar-refractivity contribution in [1.29, 1.82) is 0 Å². The van der Waals surface area contributed by atoms with E-state index in [1.54, 1.807) is 0 Å². The average molecular weight is 170 g/mol. The minimum Gasteiger partial charge on any atom is -0.390 e. The van der Waals surface area contributed by atoms with Crippen LogP contribution in [0, 0.1) is 10.1 Å². The molecule has 64 valence electrons. The Morgan fingerprint density at radius 1 is 1.58 bits per heavy atom. The molecule has 0 unspecified atom stereocenters. The van der Waals surface area contributed by atoms with Gasteiger partial charge in [0.05, 0.1) is 23.3 Å². The van der Waals surface area contributed by atoms with Crippen LogP contribution < -0.4 is 5.56 Å². The molecule has 6 heteroatoms. The van der Waals surface area contributed by atoms with E-state index in [2.05, 4.69) is 4.98 Å². The molecule has 1 aromatic rings. The molecule has 1 aromatic heterocycles. The van der Waals surface area contributed by atoms with Crippen LogP contribution in [0.2, 0.25) is 0 Å². The number of aliphatic hydroxyl groups is 1. The second-order valence-electron chi connectivity index (χ2n) is 2.14. The van der Waals surface area contributed by atoms with E-state index in [0.717, 1.165) is 12.1 Å². The second-order valence-corrected chi connectivity index (χ2v) is 2.14. The maximum atomic E-state index is 10.7. The van der Waals surface area contributed by atoms with E-state index >= 15 is 0 Å². The van der Waals surface area contributed by atoms with Gasteiger partial charge in [-0.05, 0) is 0 Å². The van der Waals surface area contributed by atoms with E-state index in [1.807, 2.05) is 0 Å². The van der Waals surface area contributed by atoms with E-state index in [1.165, 1.54) is 0 Å². The van der Waals surface area contributed by atoms with Crippen molar-refractivity contribution in [3.8, 4) is 0 Å². The summed E-state index contributed by atoms with van der Waals surface area (Å²) in [7, 11) is 0. The topological polar surface area (TPSA) is 96.2 Å². The van der Waals surface area contributed by atoms with E-state index in [-0.39, 0.29) is 11.4 Å². The monoisotopic (exact) mass is 170 g/mol. The van der Waals surface area contributed by atoms with Gasteiger partial charge in [-0.25, -0.2) is 0 Å². The first-order valence-electron chi connectivity index (χ1n) is 3.12. The minimum atomic E-state index is -0.686. The first-order valence-corrected chi connectivity index (χ1v) is 3.12. The van der Waals surface area contributed by atoms with Crippen molar-refractivity contribution in [3.63, 3.8) is 0 Å². The van der Waals surface area contributed by atoms with Crippen LogP contribution in [0.3, 0.4) is 0 Å². The number of H-pyrrole nitrogens is 1. The number of hydrogen-bond acceptors (Lipinski definition) is 4. The molecule has 0 atom stereocenters. The predicted octanol–water partition coefficient (Wildman–Crippen LogP) is -0.225. The van der Waals surface area contributed by atoms with E-state index in [9.17, 15) is 14.9 Å². The van der Waals surface area contributed by atoms with Crippen molar-refractivity contribution in [2.75, 3.05) is 0 Å². The number of nitrogens with one attached hydrogen (secondary N) is 1. The molecule has 0 saturated carbocycles. The minimum absolute atomic E-state index is 0.134. The maximum Gasteiger partial charge on any atom is 0.276 e. The zero-order chi connectivity index (χ0) is 9.14. The summed E-state index contributed by atoms with van der Waals surface area (Å²) in [6.45, 7) is -0.420. The van der Waals surface area contributed by atoms with E-state index in [0.29, 0.717) is 0 Å². The Hall–Kier alpha value is -1.69. The van der Waals surface area contributed by atoms with Crippen LogP contribution in [-0.2, 0) is 6.61 Å². The Labute approximate surface area is 66.6 Å². The quantitative estimate of drug-likeness (QED) is 0.473. The fraction of sp³-hybridized carbons (Fsp3) is 0.167. The first-order chi connectivity index (χ1) is 5.63. The highest BCUT2D eigenvalue weighted by atomic mass is 16.6. The van der Waals surface area contributed by atoms with Crippen LogP contribution in [0.15, 0.2) is 16.9 Å². The summed E-state index contributed by atoms with van der Waals surface area (Å²) in [5.74, 6) is 0. The Morgan fingerprint density at radius 2 is 2.25 bits per heavy atom. The van der Waals surface area contributed by atoms with Crippen LogP contribution in [0.4, 0.5) is 5.69 Å². The fourth-order valence-electron chi connectivity index (χ4n) is 0.775. The number of rotatable bonds is 2.